The first-order valence-electron chi connectivity index (χ1n) is 15.2. The quantitative estimate of drug-likeness (QED) is 0.194. The van der Waals surface area contributed by atoms with Gasteiger partial charge in [-0.1, -0.05) is 133 Å². The van der Waals surface area contributed by atoms with Crippen LogP contribution in [0.5, 0.6) is 0 Å². The monoisotopic (exact) mass is 534 g/mol. The van der Waals surface area contributed by atoms with Crippen LogP contribution in [0.4, 0.5) is 0 Å². The summed E-state index contributed by atoms with van der Waals surface area (Å²) in [6.45, 7) is 0. The van der Waals surface area contributed by atoms with E-state index in [2.05, 4.69) is 133 Å². The fraction of sp³-hybridized carbons (Fsp3) is 0.0952. The van der Waals surface area contributed by atoms with Gasteiger partial charge in [0.05, 0.1) is 0 Å². The molecule has 42 heavy (non-hydrogen) atoms. The van der Waals surface area contributed by atoms with E-state index >= 15 is 0 Å². The van der Waals surface area contributed by atoms with Gasteiger partial charge in [-0.15, -0.1) is 0 Å². The van der Waals surface area contributed by atoms with E-state index in [9.17, 15) is 0 Å². The van der Waals surface area contributed by atoms with Gasteiger partial charge in [0.15, 0.2) is 0 Å². The Hall–Kier alpha value is -4.94. The van der Waals surface area contributed by atoms with Gasteiger partial charge < -0.3 is 0 Å². The molecule has 0 heterocycles. The van der Waals surface area contributed by atoms with E-state index in [0.717, 1.165) is 25.7 Å². The Kier molecular flexibility index (Phi) is 5.25. The van der Waals surface area contributed by atoms with Crippen LogP contribution in [-0.4, -0.2) is 0 Å². The molecule has 0 atom stereocenters. The molecule has 0 N–H and O–H groups in total. The molecule has 0 unspecified atom stereocenters. The van der Waals surface area contributed by atoms with E-state index in [1.165, 1.54) is 88.3 Å². The van der Waals surface area contributed by atoms with Crippen molar-refractivity contribution in [3.8, 4) is 44.5 Å². The van der Waals surface area contributed by atoms with Gasteiger partial charge in [-0.3, -0.25) is 0 Å². The normalized spacial score (nSPS) is 13.3. The van der Waals surface area contributed by atoms with Crippen LogP contribution in [0.3, 0.4) is 0 Å². The fourth-order valence-corrected chi connectivity index (χ4v) is 7.73. The van der Waals surface area contributed by atoms with Crippen LogP contribution in [0, 0.1) is 0 Å². The second-order valence-corrected chi connectivity index (χ2v) is 11.9. The lowest BCUT2D eigenvalue weighted by Crippen LogP contribution is -2.04. The van der Waals surface area contributed by atoms with Gasteiger partial charge in [-0.25, -0.2) is 0 Å². The molecule has 0 radical (unpaired) electrons. The highest BCUT2D eigenvalue weighted by Crippen LogP contribution is 2.46. The van der Waals surface area contributed by atoms with Crippen molar-refractivity contribution in [2.75, 3.05) is 0 Å². The Morgan fingerprint density at radius 1 is 0.286 bits per heavy atom. The summed E-state index contributed by atoms with van der Waals surface area (Å²) >= 11 is 0. The Labute approximate surface area is 246 Å². The highest BCUT2D eigenvalue weighted by atomic mass is 14.2. The van der Waals surface area contributed by atoms with Crippen LogP contribution in [0.2, 0.25) is 0 Å². The average Bonchev–Trinajstić information content (AvgIpc) is 3.06. The summed E-state index contributed by atoms with van der Waals surface area (Å²) in [5.74, 6) is 0. The summed E-state index contributed by atoms with van der Waals surface area (Å²) in [6.07, 6.45) is 4.39. The smallest absolute Gasteiger partial charge is 0.00263 e. The van der Waals surface area contributed by atoms with E-state index < -0.39 is 0 Å². The maximum Gasteiger partial charge on any atom is -0.00263 e. The minimum atomic E-state index is 1.09. The minimum absolute atomic E-state index is 1.09. The van der Waals surface area contributed by atoms with E-state index in [-0.39, 0.29) is 0 Å². The molecular weight excluding hydrogens is 504 g/mol. The molecule has 0 saturated heterocycles. The second kappa shape index (κ2) is 9.29. The molecule has 0 aromatic heterocycles. The van der Waals surface area contributed by atoms with Gasteiger partial charge in [0, 0.05) is 0 Å². The zero-order valence-corrected chi connectivity index (χ0v) is 23.5. The highest BCUT2D eigenvalue weighted by molar-refractivity contribution is 6.21. The molecule has 0 spiro atoms. The molecule has 0 aliphatic heterocycles. The number of benzene rings is 7. The molecule has 2 aliphatic rings. The van der Waals surface area contributed by atoms with Crippen molar-refractivity contribution in [1.29, 1.82) is 0 Å². The summed E-state index contributed by atoms with van der Waals surface area (Å²) in [7, 11) is 0. The number of rotatable bonds is 2. The second-order valence-electron chi connectivity index (χ2n) is 11.9. The van der Waals surface area contributed by atoms with Gasteiger partial charge >= 0.3 is 0 Å². The Morgan fingerprint density at radius 2 is 0.619 bits per heavy atom. The number of hydrogen-bond donors (Lipinski definition) is 0. The zero-order chi connectivity index (χ0) is 27.6. The van der Waals surface area contributed by atoms with Gasteiger partial charge in [0.25, 0.3) is 0 Å². The largest absolute Gasteiger partial charge is 0.0620 e. The molecule has 7 aromatic rings. The molecule has 0 saturated carbocycles. The summed E-state index contributed by atoms with van der Waals surface area (Å²) < 4.78 is 0. The highest BCUT2D eigenvalue weighted by Gasteiger charge is 2.21. The first kappa shape index (κ1) is 23.7. The van der Waals surface area contributed by atoms with Crippen molar-refractivity contribution in [2.45, 2.75) is 25.7 Å². The van der Waals surface area contributed by atoms with E-state index in [0.29, 0.717) is 0 Å². The molecule has 0 bridgehead atoms. The third kappa shape index (κ3) is 3.55. The first-order chi connectivity index (χ1) is 20.8. The van der Waals surface area contributed by atoms with Crippen LogP contribution in [-0.2, 0) is 25.7 Å². The molecule has 0 amide bonds. The van der Waals surface area contributed by atoms with E-state index in [4.69, 9.17) is 0 Å². The molecule has 0 fully saturated rings. The van der Waals surface area contributed by atoms with E-state index in [1.54, 1.807) is 0 Å². The van der Waals surface area contributed by atoms with Gasteiger partial charge in [-0.2, -0.15) is 0 Å². The maximum absolute atomic E-state index is 2.47. The average molecular weight is 535 g/mol. The maximum atomic E-state index is 2.47. The SMILES string of the molecule is c1ccc2c(c1)CCc1cc(-c3c4ccccc4c(-c4ccc5c(c4)CCc4ccccc4-5)c4ccccc34)ccc1-2. The lowest BCUT2D eigenvalue weighted by Gasteiger charge is -2.23. The van der Waals surface area contributed by atoms with Crippen molar-refractivity contribution in [2.24, 2.45) is 0 Å². The van der Waals surface area contributed by atoms with Crippen molar-refractivity contribution in [3.05, 3.63) is 156 Å². The molecule has 198 valence electrons. The molecule has 0 heteroatoms. The topological polar surface area (TPSA) is 0 Å². The summed E-state index contributed by atoms with van der Waals surface area (Å²) in [6, 6.07) is 50.2. The van der Waals surface area contributed by atoms with Crippen LogP contribution in [0.15, 0.2) is 133 Å². The van der Waals surface area contributed by atoms with Gasteiger partial charge in [-0.05, 0) is 114 Å². The Bertz CT molecular complexity index is 1980. The van der Waals surface area contributed by atoms with Gasteiger partial charge in [0.2, 0.25) is 0 Å². The van der Waals surface area contributed by atoms with Crippen molar-refractivity contribution < 1.29 is 0 Å². The van der Waals surface area contributed by atoms with E-state index in [1.807, 2.05) is 0 Å². The minimum Gasteiger partial charge on any atom is -0.0620 e. The van der Waals surface area contributed by atoms with Crippen LogP contribution in [0.1, 0.15) is 22.3 Å². The summed E-state index contributed by atoms with van der Waals surface area (Å²) in [5.41, 5.74) is 16.7. The third-order valence-electron chi connectivity index (χ3n) is 9.66. The number of hydrogen-bond acceptors (Lipinski definition) is 0. The fourth-order valence-electron chi connectivity index (χ4n) is 7.73. The zero-order valence-electron chi connectivity index (χ0n) is 23.5. The molecule has 0 nitrogen and oxygen atoms in total. The van der Waals surface area contributed by atoms with Crippen LogP contribution >= 0.6 is 0 Å². The van der Waals surface area contributed by atoms with Crippen molar-refractivity contribution in [1.82, 2.24) is 0 Å². The van der Waals surface area contributed by atoms with Crippen molar-refractivity contribution in [3.63, 3.8) is 0 Å². The third-order valence-corrected chi connectivity index (χ3v) is 9.66. The molecule has 9 rings (SSSR count). The van der Waals surface area contributed by atoms with Crippen molar-refractivity contribution >= 4 is 21.5 Å². The standard InChI is InChI=1S/C42H30/c1-3-11-33-27(9-1)17-19-29-25-31(21-23-35(29)33)41-37-13-5-7-15-39(37)42(40-16-8-6-14-38(40)41)32-22-24-36-30(26-32)20-18-28-10-2-4-12-34(28)36/h1-16,21-26H,17-20H2. The number of fused-ring (bicyclic) bond motifs is 8. The Morgan fingerprint density at radius 3 is 1.05 bits per heavy atom. The first-order valence-corrected chi connectivity index (χ1v) is 15.2. The molecule has 2 aliphatic carbocycles. The molecule has 7 aromatic carbocycles. The molecular formula is C42H30. The predicted octanol–water partition coefficient (Wildman–Crippen LogP) is 10.9. The van der Waals surface area contributed by atoms with Gasteiger partial charge in [0.1, 0.15) is 0 Å². The van der Waals surface area contributed by atoms with Crippen LogP contribution < -0.4 is 0 Å². The lowest BCUT2D eigenvalue weighted by atomic mass is 9.81. The summed E-state index contributed by atoms with van der Waals surface area (Å²) in [4.78, 5) is 0. The number of aryl methyl sites for hydroxylation is 4. The summed E-state index contributed by atoms with van der Waals surface area (Å²) in [5, 5.41) is 5.30. The Balaban J connectivity index is 1.27. The lowest BCUT2D eigenvalue weighted by molar-refractivity contribution is 0.942. The predicted molar refractivity (Wildman–Crippen MR) is 178 cm³/mol. The van der Waals surface area contributed by atoms with Crippen LogP contribution in [0.25, 0.3) is 66.1 Å².